The second kappa shape index (κ2) is 6.80. The van der Waals surface area contributed by atoms with Gasteiger partial charge < -0.3 is 4.57 Å². The lowest BCUT2D eigenvalue weighted by atomic mass is 10.1. The van der Waals surface area contributed by atoms with Crippen molar-refractivity contribution in [1.29, 1.82) is 0 Å². The van der Waals surface area contributed by atoms with E-state index in [2.05, 4.69) is 25.4 Å². The number of carbonyl (C=O) groups excluding carboxylic acids is 1. The van der Waals surface area contributed by atoms with Crippen LogP contribution in [0.4, 0.5) is 0 Å². The molecule has 122 valence electrons. The first-order chi connectivity index (χ1) is 11.0. The maximum Gasteiger partial charge on any atom is 0.178 e. The number of aryl methyl sites for hydroxylation is 1. The molecule has 1 saturated heterocycles. The Balaban J connectivity index is 1.92. The topological polar surface area (TPSA) is 25.2 Å². The summed E-state index contributed by atoms with van der Waals surface area (Å²) in [7, 11) is 0. The number of carbonyl (C=O) groups is 1. The highest BCUT2D eigenvalue weighted by molar-refractivity contribution is 9.10. The third-order valence-electron chi connectivity index (χ3n) is 4.46. The Morgan fingerprint density at radius 1 is 1.22 bits per heavy atom. The van der Waals surface area contributed by atoms with Crippen molar-refractivity contribution in [2.24, 2.45) is 0 Å². The molecule has 0 unspecified atom stereocenters. The third kappa shape index (κ3) is 3.39. The Labute approximate surface area is 150 Å². The summed E-state index contributed by atoms with van der Waals surface area (Å²) in [5.74, 6) is 0.203. The first-order valence-corrected chi connectivity index (χ1v) is 9.04. The standard InChI is InChI=1S/C18H20BrClN2O/c1-12-9-15(18(23)11-21-7-3-4-8-21)13(2)22(12)14-5-6-16(19)17(20)10-14/h5-6,9-10H,3-4,7-8,11H2,1-2H3. The zero-order chi connectivity index (χ0) is 16.6. The second-order valence-electron chi connectivity index (χ2n) is 6.13. The van der Waals surface area contributed by atoms with Crippen LogP contribution in [0.15, 0.2) is 28.7 Å². The molecule has 1 aliphatic heterocycles. The van der Waals surface area contributed by atoms with Crippen LogP contribution in [0.1, 0.15) is 34.6 Å². The Bertz CT molecular complexity index is 748. The van der Waals surface area contributed by atoms with E-state index in [1.807, 2.05) is 38.1 Å². The Hall–Kier alpha value is -1.10. The van der Waals surface area contributed by atoms with Gasteiger partial charge in [0.25, 0.3) is 0 Å². The molecule has 0 saturated carbocycles. The molecule has 23 heavy (non-hydrogen) atoms. The highest BCUT2D eigenvalue weighted by Gasteiger charge is 2.21. The number of nitrogens with zero attached hydrogens (tertiary/aromatic N) is 2. The van der Waals surface area contributed by atoms with Crippen molar-refractivity contribution >= 4 is 33.3 Å². The number of aromatic nitrogens is 1. The van der Waals surface area contributed by atoms with E-state index in [0.717, 1.165) is 40.2 Å². The van der Waals surface area contributed by atoms with E-state index in [1.54, 1.807) is 0 Å². The van der Waals surface area contributed by atoms with Gasteiger partial charge in [0.2, 0.25) is 0 Å². The fourth-order valence-corrected chi connectivity index (χ4v) is 3.72. The van der Waals surface area contributed by atoms with Gasteiger partial charge in [-0.2, -0.15) is 0 Å². The molecule has 5 heteroatoms. The van der Waals surface area contributed by atoms with Crippen molar-refractivity contribution in [3.8, 4) is 5.69 Å². The van der Waals surface area contributed by atoms with Gasteiger partial charge in [-0.1, -0.05) is 11.6 Å². The van der Waals surface area contributed by atoms with Crippen LogP contribution >= 0.6 is 27.5 Å². The number of ketones is 1. The number of hydrogen-bond acceptors (Lipinski definition) is 2. The second-order valence-corrected chi connectivity index (χ2v) is 7.39. The minimum absolute atomic E-state index is 0.203. The molecule has 1 aromatic heterocycles. The van der Waals surface area contributed by atoms with Crippen LogP contribution in [-0.4, -0.2) is 34.9 Å². The SMILES string of the molecule is Cc1cc(C(=O)CN2CCCC2)c(C)n1-c1ccc(Br)c(Cl)c1. The van der Waals surface area contributed by atoms with Crippen molar-refractivity contribution in [3.05, 3.63) is 50.7 Å². The largest absolute Gasteiger partial charge is 0.318 e. The summed E-state index contributed by atoms with van der Waals surface area (Å²) in [5, 5.41) is 0.667. The highest BCUT2D eigenvalue weighted by Crippen LogP contribution is 2.28. The van der Waals surface area contributed by atoms with Gasteiger partial charge in [0.1, 0.15) is 0 Å². The van der Waals surface area contributed by atoms with E-state index in [1.165, 1.54) is 12.8 Å². The summed E-state index contributed by atoms with van der Waals surface area (Å²) in [4.78, 5) is 14.9. The monoisotopic (exact) mass is 394 g/mol. The molecule has 0 radical (unpaired) electrons. The van der Waals surface area contributed by atoms with Crippen molar-refractivity contribution < 1.29 is 4.79 Å². The number of Topliss-reactive ketones (excluding diaryl/α,β-unsaturated/α-hetero) is 1. The van der Waals surface area contributed by atoms with E-state index < -0.39 is 0 Å². The molecule has 1 fully saturated rings. The summed E-state index contributed by atoms with van der Waals surface area (Å²) >= 11 is 9.63. The van der Waals surface area contributed by atoms with Crippen LogP contribution in [0, 0.1) is 13.8 Å². The molecule has 2 heterocycles. The lowest BCUT2D eigenvalue weighted by molar-refractivity contribution is 0.0944. The number of halogens is 2. The smallest absolute Gasteiger partial charge is 0.178 e. The molecule has 3 rings (SSSR count). The molecular formula is C18H20BrClN2O. The van der Waals surface area contributed by atoms with Crippen molar-refractivity contribution in [2.45, 2.75) is 26.7 Å². The van der Waals surface area contributed by atoms with Crippen LogP contribution in [0.5, 0.6) is 0 Å². The highest BCUT2D eigenvalue weighted by atomic mass is 79.9. The predicted molar refractivity (Wildman–Crippen MR) is 98.0 cm³/mol. The Morgan fingerprint density at radius 3 is 2.57 bits per heavy atom. The number of hydrogen-bond donors (Lipinski definition) is 0. The number of rotatable bonds is 4. The molecule has 0 bridgehead atoms. The van der Waals surface area contributed by atoms with Gasteiger partial charge in [-0.15, -0.1) is 0 Å². The molecule has 0 atom stereocenters. The summed E-state index contributed by atoms with van der Waals surface area (Å²) in [5.41, 5.74) is 3.82. The number of benzene rings is 1. The fourth-order valence-electron chi connectivity index (χ4n) is 3.30. The van der Waals surface area contributed by atoms with Crippen LogP contribution in [0.25, 0.3) is 5.69 Å². The Kier molecular flexibility index (Phi) is 4.95. The van der Waals surface area contributed by atoms with Crippen molar-refractivity contribution in [2.75, 3.05) is 19.6 Å². The molecular weight excluding hydrogens is 376 g/mol. The zero-order valence-corrected chi connectivity index (χ0v) is 15.7. The van der Waals surface area contributed by atoms with Gasteiger partial charge in [-0.25, -0.2) is 0 Å². The van der Waals surface area contributed by atoms with Crippen LogP contribution in [0.2, 0.25) is 5.02 Å². The Morgan fingerprint density at radius 2 is 1.91 bits per heavy atom. The molecule has 2 aromatic rings. The maximum atomic E-state index is 12.7. The van der Waals surface area contributed by atoms with Gasteiger partial charge in [0.05, 0.1) is 11.6 Å². The van der Waals surface area contributed by atoms with Crippen molar-refractivity contribution in [1.82, 2.24) is 9.47 Å². The molecule has 0 N–H and O–H groups in total. The average molecular weight is 396 g/mol. The van der Waals surface area contributed by atoms with Crippen LogP contribution in [-0.2, 0) is 0 Å². The van der Waals surface area contributed by atoms with E-state index in [-0.39, 0.29) is 5.78 Å². The molecule has 1 aromatic carbocycles. The summed E-state index contributed by atoms with van der Waals surface area (Å²) in [6.45, 7) is 6.61. The number of likely N-dealkylation sites (tertiary alicyclic amines) is 1. The summed E-state index contributed by atoms with van der Waals surface area (Å²) in [6.07, 6.45) is 2.40. The maximum absolute atomic E-state index is 12.7. The third-order valence-corrected chi connectivity index (χ3v) is 5.69. The molecule has 0 amide bonds. The summed E-state index contributed by atoms with van der Waals surface area (Å²) in [6, 6.07) is 7.84. The van der Waals surface area contributed by atoms with Gasteiger partial charge in [-0.3, -0.25) is 9.69 Å². The lowest BCUT2D eigenvalue weighted by Gasteiger charge is -2.14. The molecule has 3 nitrogen and oxygen atoms in total. The van der Waals surface area contributed by atoms with Gasteiger partial charge >= 0.3 is 0 Å². The fraction of sp³-hybridized carbons (Fsp3) is 0.389. The van der Waals surface area contributed by atoms with Gasteiger partial charge in [0.15, 0.2) is 5.78 Å². The van der Waals surface area contributed by atoms with E-state index >= 15 is 0 Å². The first kappa shape index (κ1) is 16.7. The van der Waals surface area contributed by atoms with E-state index in [4.69, 9.17) is 11.6 Å². The van der Waals surface area contributed by atoms with Gasteiger partial charge in [0, 0.05) is 27.1 Å². The predicted octanol–water partition coefficient (Wildman–Crippen LogP) is 4.79. The average Bonchev–Trinajstić information content (AvgIpc) is 3.10. The van der Waals surface area contributed by atoms with Crippen LogP contribution in [0.3, 0.4) is 0 Å². The first-order valence-electron chi connectivity index (χ1n) is 7.87. The van der Waals surface area contributed by atoms with Crippen molar-refractivity contribution in [3.63, 3.8) is 0 Å². The van der Waals surface area contributed by atoms with E-state index in [0.29, 0.717) is 11.6 Å². The minimum atomic E-state index is 0.203. The van der Waals surface area contributed by atoms with E-state index in [9.17, 15) is 4.79 Å². The van der Waals surface area contributed by atoms with Gasteiger partial charge in [-0.05, 0) is 80.0 Å². The zero-order valence-electron chi connectivity index (χ0n) is 13.4. The minimum Gasteiger partial charge on any atom is -0.318 e. The quantitative estimate of drug-likeness (QED) is 0.696. The van der Waals surface area contributed by atoms with Crippen LogP contribution < -0.4 is 0 Å². The molecule has 0 aliphatic carbocycles. The summed E-state index contributed by atoms with van der Waals surface area (Å²) < 4.78 is 2.96. The normalized spacial score (nSPS) is 15.3. The lowest BCUT2D eigenvalue weighted by Crippen LogP contribution is -2.27. The molecule has 1 aliphatic rings. The molecule has 0 spiro atoms.